The highest BCUT2D eigenvalue weighted by Crippen LogP contribution is 1.95. The van der Waals surface area contributed by atoms with Gasteiger partial charge in [0.2, 0.25) is 0 Å². The molecule has 0 radical (unpaired) electrons. The molecule has 1 aliphatic rings. The first-order chi connectivity index (χ1) is 4.34. The molecule has 1 aliphatic heterocycles. The first-order valence-corrected chi connectivity index (χ1v) is 3.75. The number of carbonyl (C=O) groups excluding carboxylic acids is 1. The molecule has 0 unspecified atom stereocenters. The van der Waals surface area contributed by atoms with Gasteiger partial charge in [-0.3, -0.25) is 9.80 Å². The Hall–Kier alpha value is -0.350. The van der Waals surface area contributed by atoms with Crippen molar-refractivity contribution in [1.82, 2.24) is 10.4 Å². The SMILES string of the molecule is O=C(CBr)N1C=CCN1. The van der Waals surface area contributed by atoms with E-state index in [4.69, 9.17) is 0 Å². The molecule has 1 rings (SSSR count). The molecule has 4 heteroatoms. The standard InChI is InChI=1S/C5H7BrN2O/c6-4-5(9)8-3-1-2-7-8/h1,3,7H,2,4H2. The number of nitrogens with zero attached hydrogens (tertiary/aromatic N) is 1. The van der Waals surface area contributed by atoms with Crippen LogP contribution >= 0.6 is 15.9 Å². The van der Waals surface area contributed by atoms with Crippen LogP contribution in [0.5, 0.6) is 0 Å². The van der Waals surface area contributed by atoms with E-state index in [1.165, 1.54) is 5.01 Å². The first kappa shape index (κ1) is 6.77. The molecule has 50 valence electrons. The van der Waals surface area contributed by atoms with Gasteiger partial charge < -0.3 is 0 Å². The summed E-state index contributed by atoms with van der Waals surface area (Å²) in [7, 11) is 0. The van der Waals surface area contributed by atoms with Gasteiger partial charge in [-0.25, -0.2) is 5.43 Å². The van der Waals surface area contributed by atoms with Crippen LogP contribution in [0.3, 0.4) is 0 Å². The van der Waals surface area contributed by atoms with Crippen molar-refractivity contribution in [2.75, 3.05) is 11.9 Å². The van der Waals surface area contributed by atoms with Crippen LogP contribution in [0.2, 0.25) is 0 Å². The molecule has 0 atom stereocenters. The molecule has 0 aromatic heterocycles. The minimum absolute atomic E-state index is 0.0313. The van der Waals surface area contributed by atoms with E-state index in [1.807, 2.05) is 6.08 Å². The summed E-state index contributed by atoms with van der Waals surface area (Å²) in [5.74, 6) is 0.0313. The van der Waals surface area contributed by atoms with E-state index in [0.29, 0.717) is 5.33 Å². The van der Waals surface area contributed by atoms with Gasteiger partial charge in [0.05, 0.1) is 5.33 Å². The molecule has 0 aromatic carbocycles. The van der Waals surface area contributed by atoms with Crippen molar-refractivity contribution in [3.05, 3.63) is 12.3 Å². The molecule has 0 spiro atoms. The Morgan fingerprint density at radius 3 is 3.11 bits per heavy atom. The van der Waals surface area contributed by atoms with Gasteiger partial charge in [-0.15, -0.1) is 0 Å². The lowest BCUT2D eigenvalue weighted by Crippen LogP contribution is -2.35. The molecule has 0 aromatic rings. The van der Waals surface area contributed by atoms with Crippen LogP contribution in [-0.4, -0.2) is 22.8 Å². The molecule has 9 heavy (non-hydrogen) atoms. The summed E-state index contributed by atoms with van der Waals surface area (Å²) in [5, 5.41) is 1.83. The summed E-state index contributed by atoms with van der Waals surface area (Å²) in [6.45, 7) is 0.749. The maximum atomic E-state index is 10.8. The van der Waals surface area contributed by atoms with Crippen molar-refractivity contribution in [2.24, 2.45) is 0 Å². The van der Waals surface area contributed by atoms with Crippen LogP contribution in [-0.2, 0) is 4.79 Å². The van der Waals surface area contributed by atoms with Crippen molar-refractivity contribution in [3.63, 3.8) is 0 Å². The van der Waals surface area contributed by atoms with Crippen LogP contribution in [0.15, 0.2) is 12.3 Å². The average Bonchev–Trinajstić information content (AvgIpc) is 2.37. The van der Waals surface area contributed by atoms with E-state index in [0.717, 1.165) is 6.54 Å². The molecule has 0 aliphatic carbocycles. The first-order valence-electron chi connectivity index (χ1n) is 2.63. The normalized spacial score (nSPS) is 16.8. The Labute approximate surface area is 61.8 Å². The van der Waals surface area contributed by atoms with Gasteiger partial charge in [0, 0.05) is 12.7 Å². The third-order valence-corrected chi connectivity index (χ3v) is 1.50. The summed E-state index contributed by atoms with van der Waals surface area (Å²) < 4.78 is 0. The molecule has 0 bridgehead atoms. The summed E-state index contributed by atoms with van der Waals surface area (Å²) >= 11 is 3.06. The molecule has 1 amide bonds. The average molecular weight is 191 g/mol. The Morgan fingerprint density at radius 2 is 2.67 bits per heavy atom. The minimum atomic E-state index is 0.0313. The van der Waals surface area contributed by atoms with Crippen LogP contribution in [0.25, 0.3) is 0 Å². The molecule has 3 nitrogen and oxygen atoms in total. The number of hydrazine groups is 1. The molecular formula is C5H7BrN2O. The van der Waals surface area contributed by atoms with Crippen molar-refractivity contribution < 1.29 is 4.79 Å². The molecule has 0 saturated carbocycles. The highest BCUT2D eigenvalue weighted by atomic mass is 79.9. The van der Waals surface area contributed by atoms with Gasteiger partial charge in [-0.1, -0.05) is 22.0 Å². The van der Waals surface area contributed by atoms with E-state index in [2.05, 4.69) is 21.4 Å². The fraction of sp³-hybridized carbons (Fsp3) is 0.400. The second-order valence-electron chi connectivity index (χ2n) is 1.64. The van der Waals surface area contributed by atoms with E-state index >= 15 is 0 Å². The number of nitrogens with one attached hydrogen (secondary N) is 1. The predicted molar refractivity (Wildman–Crippen MR) is 37.8 cm³/mol. The number of carbonyl (C=O) groups is 1. The molecule has 0 fully saturated rings. The molecule has 0 saturated heterocycles. The summed E-state index contributed by atoms with van der Waals surface area (Å²) in [4.78, 5) is 10.8. The lowest BCUT2D eigenvalue weighted by Gasteiger charge is -2.10. The van der Waals surface area contributed by atoms with Gasteiger partial charge >= 0.3 is 0 Å². The van der Waals surface area contributed by atoms with Crippen molar-refractivity contribution >= 4 is 21.8 Å². The van der Waals surface area contributed by atoms with E-state index in [9.17, 15) is 4.79 Å². The third kappa shape index (κ3) is 1.53. The van der Waals surface area contributed by atoms with Crippen molar-refractivity contribution in [2.45, 2.75) is 0 Å². The number of hydrogen-bond acceptors (Lipinski definition) is 2. The van der Waals surface area contributed by atoms with E-state index < -0.39 is 0 Å². The largest absolute Gasteiger partial charge is 0.272 e. The zero-order valence-corrected chi connectivity index (χ0v) is 6.39. The van der Waals surface area contributed by atoms with Crippen LogP contribution in [0.4, 0.5) is 0 Å². The van der Waals surface area contributed by atoms with Crippen molar-refractivity contribution in [3.8, 4) is 0 Å². The maximum Gasteiger partial charge on any atom is 0.251 e. The highest BCUT2D eigenvalue weighted by molar-refractivity contribution is 9.09. The highest BCUT2D eigenvalue weighted by Gasteiger charge is 2.09. The van der Waals surface area contributed by atoms with Gasteiger partial charge in [0.1, 0.15) is 0 Å². The van der Waals surface area contributed by atoms with Crippen molar-refractivity contribution in [1.29, 1.82) is 0 Å². The monoisotopic (exact) mass is 190 g/mol. The number of alkyl halides is 1. The zero-order valence-electron chi connectivity index (χ0n) is 4.80. The van der Waals surface area contributed by atoms with Gasteiger partial charge in [-0.2, -0.15) is 0 Å². The summed E-state index contributed by atoms with van der Waals surface area (Å²) in [6.07, 6.45) is 3.62. The lowest BCUT2D eigenvalue weighted by molar-refractivity contribution is -0.127. The van der Waals surface area contributed by atoms with Crippen LogP contribution in [0, 0.1) is 0 Å². The molecule has 1 N–H and O–H groups in total. The Balaban J connectivity index is 2.43. The summed E-state index contributed by atoms with van der Waals surface area (Å²) in [6, 6.07) is 0. The van der Waals surface area contributed by atoms with Crippen LogP contribution in [0.1, 0.15) is 0 Å². The van der Waals surface area contributed by atoms with Gasteiger partial charge in [0.15, 0.2) is 0 Å². The Morgan fingerprint density at radius 1 is 1.89 bits per heavy atom. The molecular weight excluding hydrogens is 184 g/mol. The summed E-state index contributed by atoms with van der Waals surface area (Å²) in [5.41, 5.74) is 2.85. The van der Waals surface area contributed by atoms with E-state index in [-0.39, 0.29) is 5.91 Å². The zero-order chi connectivity index (χ0) is 6.69. The fourth-order valence-electron chi connectivity index (χ4n) is 0.598. The van der Waals surface area contributed by atoms with Gasteiger partial charge in [-0.05, 0) is 0 Å². The Kier molecular flexibility index (Phi) is 2.24. The topological polar surface area (TPSA) is 32.3 Å². The maximum absolute atomic E-state index is 10.8. The number of amides is 1. The fourth-order valence-corrected chi connectivity index (χ4v) is 0.868. The smallest absolute Gasteiger partial charge is 0.251 e. The number of rotatable bonds is 1. The Bertz CT molecular complexity index is 146. The second kappa shape index (κ2) is 2.98. The number of hydrogen-bond donors (Lipinski definition) is 1. The lowest BCUT2D eigenvalue weighted by atomic mass is 10.6. The van der Waals surface area contributed by atoms with E-state index in [1.54, 1.807) is 6.20 Å². The quantitative estimate of drug-likeness (QED) is 0.602. The molecule has 1 heterocycles. The number of halogens is 1. The predicted octanol–water partition coefficient (Wildman–Crippen LogP) is 0.242. The van der Waals surface area contributed by atoms with Crippen LogP contribution < -0.4 is 5.43 Å². The third-order valence-electron chi connectivity index (χ3n) is 1.02. The second-order valence-corrected chi connectivity index (χ2v) is 2.21. The minimum Gasteiger partial charge on any atom is -0.272 e. The van der Waals surface area contributed by atoms with Gasteiger partial charge in [0.25, 0.3) is 5.91 Å².